The fourth-order valence-corrected chi connectivity index (χ4v) is 6.16. The molecule has 0 radical (unpaired) electrons. The largest absolute Gasteiger partial charge is 0.393 e. The summed E-state index contributed by atoms with van der Waals surface area (Å²) < 4.78 is 0. The molecule has 0 amide bonds. The van der Waals surface area contributed by atoms with Crippen LogP contribution in [0.3, 0.4) is 0 Å². The van der Waals surface area contributed by atoms with E-state index in [2.05, 4.69) is 54.1 Å². The van der Waals surface area contributed by atoms with Crippen LogP contribution in [0.25, 0.3) is 0 Å². The third kappa shape index (κ3) is 8.39. The first kappa shape index (κ1) is 28.3. The minimum Gasteiger partial charge on any atom is -0.393 e. The van der Waals surface area contributed by atoms with Gasteiger partial charge in [-0.2, -0.15) is 0 Å². The van der Waals surface area contributed by atoms with Crippen molar-refractivity contribution in [1.29, 1.82) is 0 Å². The van der Waals surface area contributed by atoms with E-state index in [0.29, 0.717) is 17.3 Å². The van der Waals surface area contributed by atoms with Crippen LogP contribution >= 0.6 is 0 Å². The number of aliphatic hydroxyl groups is 1. The van der Waals surface area contributed by atoms with Gasteiger partial charge in [-0.3, -0.25) is 4.90 Å². The van der Waals surface area contributed by atoms with E-state index in [9.17, 15) is 5.11 Å². The summed E-state index contributed by atoms with van der Waals surface area (Å²) >= 11 is 0. The van der Waals surface area contributed by atoms with Gasteiger partial charge in [0.1, 0.15) is 0 Å². The molecular formula is C31H55N3O. The van der Waals surface area contributed by atoms with E-state index in [-0.39, 0.29) is 6.10 Å². The molecule has 1 aromatic rings. The molecule has 1 heterocycles. The second kappa shape index (κ2) is 13.3. The molecule has 2 atom stereocenters. The summed E-state index contributed by atoms with van der Waals surface area (Å²) in [7, 11) is 0. The first-order valence-corrected chi connectivity index (χ1v) is 14.8. The fourth-order valence-electron chi connectivity index (χ4n) is 6.16. The van der Waals surface area contributed by atoms with Gasteiger partial charge in [0, 0.05) is 50.6 Å². The molecule has 0 bridgehead atoms. The lowest BCUT2D eigenvalue weighted by atomic mass is 9.71. The van der Waals surface area contributed by atoms with Crippen LogP contribution in [-0.4, -0.2) is 55.4 Å². The molecule has 0 spiro atoms. The highest BCUT2D eigenvalue weighted by molar-refractivity contribution is 5.63. The first-order valence-electron chi connectivity index (χ1n) is 14.8. The summed E-state index contributed by atoms with van der Waals surface area (Å²) in [4.78, 5) is 5.38. The van der Waals surface area contributed by atoms with E-state index in [4.69, 9.17) is 0 Å². The van der Waals surface area contributed by atoms with Gasteiger partial charge < -0.3 is 15.3 Å². The third-order valence-electron chi connectivity index (χ3n) is 8.66. The smallest absolute Gasteiger partial charge is 0.0515 e. The Bertz CT molecular complexity index is 740. The van der Waals surface area contributed by atoms with Crippen molar-refractivity contribution in [2.24, 2.45) is 17.3 Å². The molecule has 35 heavy (non-hydrogen) atoms. The van der Waals surface area contributed by atoms with Crippen LogP contribution in [-0.2, 0) is 0 Å². The van der Waals surface area contributed by atoms with Gasteiger partial charge in [0.15, 0.2) is 0 Å². The molecule has 3 fully saturated rings. The number of rotatable bonds is 9. The van der Waals surface area contributed by atoms with Crippen molar-refractivity contribution in [2.75, 3.05) is 49.5 Å². The second-order valence-corrected chi connectivity index (χ2v) is 12.4. The number of nitrogens with zero attached hydrogens (tertiary/aromatic N) is 2. The summed E-state index contributed by atoms with van der Waals surface area (Å²) in [6.07, 6.45) is 10.2. The molecule has 3 aliphatic rings. The average molecular weight is 486 g/mol. The van der Waals surface area contributed by atoms with Crippen molar-refractivity contribution < 1.29 is 5.11 Å². The van der Waals surface area contributed by atoms with Crippen molar-refractivity contribution in [2.45, 2.75) is 105 Å². The van der Waals surface area contributed by atoms with Gasteiger partial charge in [-0.25, -0.2) is 0 Å². The Balaban J connectivity index is 0.00000167. The maximum atomic E-state index is 9.70. The second-order valence-electron chi connectivity index (χ2n) is 12.4. The van der Waals surface area contributed by atoms with Gasteiger partial charge >= 0.3 is 0 Å². The number of hydrogen-bond acceptors (Lipinski definition) is 4. The van der Waals surface area contributed by atoms with Crippen molar-refractivity contribution >= 4 is 11.4 Å². The van der Waals surface area contributed by atoms with Crippen LogP contribution in [0, 0.1) is 17.3 Å². The van der Waals surface area contributed by atoms with E-state index in [1.54, 1.807) is 5.56 Å². The lowest BCUT2D eigenvalue weighted by Gasteiger charge is -2.41. The topological polar surface area (TPSA) is 38.7 Å². The Hall–Kier alpha value is -1.26. The Morgan fingerprint density at radius 1 is 1.00 bits per heavy atom. The predicted octanol–water partition coefficient (Wildman–Crippen LogP) is 7.14. The highest BCUT2D eigenvalue weighted by atomic mass is 16.3. The maximum Gasteiger partial charge on any atom is 0.0515 e. The molecule has 2 unspecified atom stereocenters. The van der Waals surface area contributed by atoms with Gasteiger partial charge in [-0.15, -0.1) is 0 Å². The molecule has 1 aromatic carbocycles. The zero-order chi connectivity index (χ0) is 25.4. The predicted molar refractivity (Wildman–Crippen MR) is 153 cm³/mol. The van der Waals surface area contributed by atoms with Crippen molar-refractivity contribution in [3.63, 3.8) is 0 Å². The van der Waals surface area contributed by atoms with Crippen molar-refractivity contribution in [3.05, 3.63) is 23.8 Å². The van der Waals surface area contributed by atoms with Gasteiger partial charge in [-0.1, -0.05) is 41.0 Å². The summed E-state index contributed by atoms with van der Waals surface area (Å²) in [5.74, 6) is 2.12. The molecule has 2 aliphatic carbocycles. The number of aliphatic hydroxyl groups excluding tert-OH is 1. The summed E-state index contributed by atoms with van der Waals surface area (Å²) in [5, 5.41) is 13.4. The summed E-state index contributed by atoms with van der Waals surface area (Å²) in [5.41, 5.74) is 4.81. The monoisotopic (exact) mass is 485 g/mol. The standard InChI is InChI=1S/C29H49N3O.C2H6/c1-22(18-23(2)33)20-30-26-8-9-28(27(19-26)25-10-12-29(3,4)13-11-25)32-16-14-31(15-17-32)21-24-6-5-7-24;1-2/h8-9,19,22-25,30,33H,5-7,10-18,20-21H2,1-4H3;1-2H3. The zero-order valence-corrected chi connectivity index (χ0v) is 23.8. The Labute approximate surface area is 216 Å². The summed E-state index contributed by atoms with van der Waals surface area (Å²) in [6.45, 7) is 20.0. The van der Waals surface area contributed by atoms with Crippen LogP contribution in [0.1, 0.15) is 104 Å². The van der Waals surface area contributed by atoms with E-state index in [0.717, 1.165) is 32.0 Å². The number of benzene rings is 1. The van der Waals surface area contributed by atoms with E-state index in [1.165, 1.54) is 76.0 Å². The number of nitrogens with one attached hydrogen (secondary N) is 1. The molecule has 1 saturated heterocycles. The molecular weight excluding hydrogens is 430 g/mol. The first-order chi connectivity index (χ1) is 16.8. The van der Waals surface area contributed by atoms with E-state index in [1.807, 2.05) is 20.8 Å². The lowest BCUT2D eigenvalue weighted by molar-refractivity contribution is 0.166. The summed E-state index contributed by atoms with van der Waals surface area (Å²) in [6, 6.07) is 7.16. The third-order valence-corrected chi connectivity index (χ3v) is 8.66. The number of hydrogen-bond donors (Lipinski definition) is 2. The van der Waals surface area contributed by atoms with Crippen LogP contribution in [0.15, 0.2) is 18.2 Å². The van der Waals surface area contributed by atoms with Crippen LogP contribution in [0.2, 0.25) is 0 Å². The highest BCUT2D eigenvalue weighted by Crippen LogP contribution is 2.45. The van der Waals surface area contributed by atoms with E-state index >= 15 is 0 Å². The van der Waals surface area contributed by atoms with Crippen LogP contribution < -0.4 is 10.2 Å². The minimum absolute atomic E-state index is 0.228. The molecule has 1 aliphatic heterocycles. The van der Waals surface area contributed by atoms with Gasteiger partial charge in [-0.05, 0) is 98.8 Å². The molecule has 4 nitrogen and oxygen atoms in total. The highest BCUT2D eigenvalue weighted by Gasteiger charge is 2.31. The fraction of sp³-hybridized carbons (Fsp3) is 0.806. The molecule has 4 heteroatoms. The van der Waals surface area contributed by atoms with Gasteiger partial charge in [0.25, 0.3) is 0 Å². The Kier molecular flexibility index (Phi) is 10.8. The molecule has 4 rings (SSSR count). The normalized spacial score (nSPS) is 23.1. The Morgan fingerprint density at radius 2 is 1.66 bits per heavy atom. The molecule has 200 valence electrons. The van der Waals surface area contributed by atoms with Crippen LogP contribution in [0.5, 0.6) is 0 Å². The Morgan fingerprint density at radius 3 is 2.23 bits per heavy atom. The average Bonchev–Trinajstić information content (AvgIpc) is 2.81. The van der Waals surface area contributed by atoms with Crippen molar-refractivity contribution in [3.8, 4) is 0 Å². The van der Waals surface area contributed by atoms with E-state index < -0.39 is 0 Å². The quantitative estimate of drug-likeness (QED) is 0.390. The van der Waals surface area contributed by atoms with Gasteiger partial charge in [0.05, 0.1) is 6.10 Å². The molecule has 2 saturated carbocycles. The minimum atomic E-state index is -0.228. The lowest BCUT2D eigenvalue weighted by Crippen LogP contribution is -2.48. The van der Waals surface area contributed by atoms with Crippen molar-refractivity contribution in [1.82, 2.24) is 4.90 Å². The SMILES string of the molecule is CC.CC(O)CC(C)CNc1ccc(N2CCN(CC3CCC3)CC2)c(C2CCC(C)(C)CC2)c1. The maximum absolute atomic E-state index is 9.70. The van der Waals surface area contributed by atoms with Gasteiger partial charge in [0.2, 0.25) is 0 Å². The molecule has 2 N–H and O–H groups in total. The number of anilines is 2. The zero-order valence-electron chi connectivity index (χ0n) is 23.8. The number of piperazine rings is 1. The van der Waals surface area contributed by atoms with Crippen LogP contribution in [0.4, 0.5) is 11.4 Å². The molecule has 0 aromatic heterocycles.